The zero-order valence-electron chi connectivity index (χ0n) is 21.8. The predicted molar refractivity (Wildman–Crippen MR) is 143 cm³/mol. The van der Waals surface area contributed by atoms with Crippen LogP contribution >= 0.6 is 0 Å². The molecule has 0 aliphatic carbocycles. The predicted octanol–water partition coefficient (Wildman–Crippen LogP) is 0.469. The lowest BCUT2D eigenvalue weighted by Gasteiger charge is -2.22. The van der Waals surface area contributed by atoms with Gasteiger partial charge in [-0.1, -0.05) is 6.07 Å². The molecule has 0 atom stereocenters. The lowest BCUT2D eigenvalue weighted by Crippen LogP contribution is -3.00. The number of rotatable bonds is 12. The van der Waals surface area contributed by atoms with Crippen LogP contribution in [0.15, 0.2) is 93.1 Å². The summed E-state index contributed by atoms with van der Waals surface area (Å²) < 4.78 is 56.9. The van der Waals surface area contributed by atoms with Gasteiger partial charge in [-0.05, 0) is 56.3 Å². The molecular formula is C25H33ClN6O4S2. The third kappa shape index (κ3) is 7.81. The normalized spacial score (nSPS) is 12.0. The molecule has 0 aliphatic rings. The molecule has 0 saturated heterocycles. The Morgan fingerprint density at radius 1 is 0.868 bits per heavy atom. The molecule has 0 bridgehead atoms. The van der Waals surface area contributed by atoms with Crippen molar-refractivity contribution in [2.45, 2.75) is 30.2 Å². The number of sulfonamides is 2. The molecule has 1 N–H and O–H groups in total. The van der Waals surface area contributed by atoms with Crippen LogP contribution in [-0.4, -0.2) is 54.9 Å². The van der Waals surface area contributed by atoms with Crippen molar-refractivity contribution in [2.75, 3.05) is 38.6 Å². The minimum atomic E-state index is -3.90. The van der Waals surface area contributed by atoms with Crippen LogP contribution in [0.5, 0.6) is 0 Å². The molecule has 0 aliphatic heterocycles. The number of hydrogen-bond acceptors (Lipinski definition) is 7. The van der Waals surface area contributed by atoms with Crippen molar-refractivity contribution in [1.82, 2.24) is 9.03 Å². The van der Waals surface area contributed by atoms with Gasteiger partial charge >= 0.3 is 0 Å². The van der Waals surface area contributed by atoms with Crippen LogP contribution in [0.2, 0.25) is 0 Å². The number of halogens is 1. The maximum atomic E-state index is 13.3. The van der Waals surface area contributed by atoms with E-state index in [-0.39, 0.29) is 34.4 Å². The highest BCUT2D eigenvalue weighted by Crippen LogP contribution is 2.31. The second-order valence-corrected chi connectivity index (χ2v) is 12.2. The first-order chi connectivity index (χ1) is 17.6. The van der Waals surface area contributed by atoms with E-state index in [9.17, 15) is 16.8 Å². The van der Waals surface area contributed by atoms with Gasteiger partial charge in [-0.2, -0.15) is 5.11 Å². The lowest BCUT2D eigenvalue weighted by atomic mass is 10.2. The van der Waals surface area contributed by atoms with E-state index in [1.807, 2.05) is 60.0 Å². The molecule has 0 fully saturated rings. The molecule has 0 saturated carbocycles. The van der Waals surface area contributed by atoms with E-state index in [4.69, 9.17) is 0 Å². The minimum Gasteiger partial charge on any atom is -1.00 e. The molecule has 1 heterocycles. The summed E-state index contributed by atoms with van der Waals surface area (Å²) in [6, 6.07) is 16.6. The molecule has 0 unspecified atom stereocenters. The summed E-state index contributed by atoms with van der Waals surface area (Å²) in [6.07, 6.45) is 3.73. The van der Waals surface area contributed by atoms with Crippen molar-refractivity contribution in [3.05, 3.63) is 73.1 Å². The number of nitrogens with zero attached hydrogens (tertiary/aromatic N) is 5. The standard InChI is InChI=1S/C25H33N6O4S2.ClH/c1-5-31(6-2)22-12-15-24(28-27-21-10-13-23(14-11-21)37(34,35)29(3)4)25(20-22)36(32,33)26-16-19-30-17-8-7-9-18-30;/h7-15,17-18,20,26H,5-6,16,19H2,1-4H3;1H/q+1;/p-1. The molecule has 13 heteroatoms. The Morgan fingerprint density at radius 2 is 1.50 bits per heavy atom. The summed E-state index contributed by atoms with van der Waals surface area (Å²) in [4.78, 5) is 2.19. The van der Waals surface area contributed by atoms with Crippen LogP contribution in [0.3, 0.4) is 0 Å². The zero-order valence-corrected chi connectivity index (χ0v) is 24.2. The maximum absolute atomic E-state index is 13.3. The summed E-state index contributed by atoms with van der Waals surface area (Å²) in [5.41, 5.74) is 1.34. The van der Waals surface area contributed by atoms with Crippen LogP contribution in [-0.2, 0) is 26.6 Å². The van der Waals surface area contributed by atoms with E-state index in [1.54, 1.807) is 12.1 Å². The van der Waals surface area contributed by atoms with Gasteiger partial charge in [-0.25, -0.2) is 30.4 Å². The lowest BCUT2D eigenvalue weighted by molar-refractivity contribution is -0.694. The fourth-order valence-electron chi connectivity index (χ4n) is 3.56. The Labute approximate surface area is 231 Å². The molecular weight excluding hydrogens is 548 g/mol. The number of hydrogen-bond donors (Lipinski definition) is 1. The number of anilines is 1. The Bertz CT molecular complexity index is 1430. The Balaban J connectivity index is 0.00000507. The summed E-state index contributed by atoms with van der Waals surface area (Å²) >= 11 is 0. The molecule has 206 valence electrons. The molecule has 10 nitrogen and oxygen atoms in total. The first-order valence-electron chi connectivity index (χ1n) is 11.9. The molecule has 1 aromatic heterocycles. The van der Waals surface area contributed by atoms with Crippen molar-refractivity contribution in [3.63, 3.8) is 0 Å². The van der Waals surface area contributed by atoms with Crippen LogP contribution in [0.1, 0.15) is 13.8 Å². The zero-order chi connectivity index (χ0) is 27.1. The monoisotopic (exact) mass is 580 g/mol. The summed E-state index contributed by atoms with van der Waals surface area (Å²) in [5.74, 6) is 0. The van der Waals surface area contributed by atoms with Gasteiger partial charge in [-0.15, -0.1) is 5.11 Å². The van der Waals surface area contributed by atoms with E-state index in [2.05, 4.69) is 15.0 Å². The van der Waals surface area contributed by atoms with Gasteiger partial charge in [-0.3, -0.25) is 0 Å². The van der Waals surface area contributed by atoms with Gasteiger partial charge in [0.2, 0.25) is 20.0 Å². The highest BCUT2D eigenvalue weighted by atomic mass is 35.5. The topological polar surface area (TPSA) is 115 Å². The fraction of sp³-hybridized carbons (Fsp3) is 0.320. The van der Waals surface area contributed by atoms with Crippen LogP contribution < -0.4 is 26.6 Å². The molecule has 2 aromatic carbocycles. The second kappa shape index (κ2) is 13.8. The Kier molecular flexibility index (Phi) is 11.3. The third-order valence-corrected chi connectivity index (χ3v) is 9.01. The highest BCUT2D eigenvalue weighted by Gasteiger charge is 2.21. The maximum Gasteiger partial charge on any atom is 0.243 e. The number of nitrogens with one attached hydrogen (secondary N) is 1. The highest BCUT2D eigenvalue weighted by molar-refractivity contribution is 7.89. The van der Waals surface area contributed by atoms with Crippen molar-refractivity contribution >= 4 is 37.1 Å². The first kappa shape index (κ1) is 31.3. The van der Waals surface area contributed by atoms with Crippen molar-refractivity contribution in [3.8, 4) is 0 Å². The average molecular weight is 581 g/mol. The number of benzene rings is 2. The van der Waals surface area contributed by atoms with Crippen molar-refractivity contribution in [1.29, 1.82) is 0 Å². The Morgan fingerprint density at radius 3 is 2.08 bits per heavy atom. The average Bonchev–Trinajstić information content (AvgIpc) is 2.89. The minimum absolute atomic E-state index is 0. The number of aromatic nitrogens is 1. The molecule has 3 rings (SSSR count). The molecule has 0 amide bonds. The second-order valence-electron chi connectivity index (χ2n) is 8.32. The third-order valence-electron chi connectivity index (χ3n) is 5.69. The van der Waals surface area contributed by atoms with E-state index in [1.165, 1.54) is 38.4 Å². The Hall–Kier alpha value is -2.90. The van der Waals surface area contributed by atoms with E-state index in [0.29, 0.717) is 12.2 Å². The van der Waals surface area contributed by atoms with Gasteiger partial charge in [0.15, 0.2) is 18.9 Å². The van der Waals surface area contributed by atoms with Gasteiger partial charge in [0.05, 0.1) is 17.1 Å². The van der Waals surface area contributed by atoms with Crippen molar-refractivity contribution < 1.29 is 33.8 Å². The van der Waals surface area contributed by atoms with Crippen LogP contribution in [0.4, 0.5) is 17.1 Å². The molecule has 38 heavy (non-hydrogen) atoms. The smallest absolute Gasteiger partial charge is 0.243 e. The molecule has 3 aromatic rings. The summed E-state index contributed by atoms with van der Waals surface area (Å²) in [6.45, 7) is 6.11. The van der Waals surface area contributed by atoms with Gasteiger partial charge in [0.1, 0.15) is 10.6 Å². The number of azo groups is 1. The van der Waals surface area contributed by atoms with E-state index >= 15 is 0 Å². The number of pyridine rings is 1. The fourth-order valence-corrected chi connectivity index (χ4v) is 5.64. The van der Waals surface area contributed by atoms with Gasteiger partial charge < -0.3 is 17.3 Å². The van der Waals surface area contributed by atoms with E-state index in [0.717, 1.165) is 23.1 Å². The molecule has 0 radical (unpaired) electrons. The first-order valence-corrected chi connectivity index (χ1v) is 14.8. The van der Waals surface area contributed by atoms with Gasteiger partial charge in [0, 0.05) is 45.0 Å². The van der Waals surface area contributed by atoms with E-state index < -0.39 is 20.0 Å². The largest absolute Gasteiger partial charge is 1.00 e. The van der Waals surface area contributed by atoms with Crippen molar-refractivity contribution in [2.24, 2.45) is 10.2 Å². The SMILES string of the molecule is CCN(CC)c1ccc(N=Nc2ccc(S(=O)(=O)N(C)C)cc2)c(S(=O)(=O)NCC[n+]2ccccc2)c1.[Cl-]. The van der Waals surface area contributed by atoms with Crippen LogP contribution in [0, 0.1) is 0 Å². The molecule has 0 spiro atoms. The quantitative estimate of drug-likeness (QED) is 0.247. The summed E-state index contributed by atoms with van der Waals surface area (Å²) in [5, 5.41) is 8.38. The van der Waals surface area contributed by atoms with Crippen LogP contribution in [0.25, 0.3) is 0 Å². The van der Waals surface area contributed by atoms with Gasteiger partial charge in [0.25, 0.3) is 0 Å². The summed E-state index contributed by atoms with van der Waals surface area (Å²) in [7, 11) is -4.55.